The molecular formula is C14H17N3O7S. The summed E-state index contributed by atoms with van der Waals surface area (Å²) < 4.78 is 13.8. The van der Waals surface area contributed by atoms with E-state index in [0.29, 0.717) is 10.8 Å². The molecule has 0 fully saturated rings. The summed E-state index contributed by atoms with van der Waals surface area (Å²) in [4.78, 5) is 52.8. The lowest BCUT2D eigenvalue weighted by Crippen LogP contribution is -2.25. The van der Waals surface area contributed by atoms with Gasteiger partial charge in [-0.1, -0.05) is 0 Å². The van der Waals surface area contributed by atoms with Gasteiger partial charge in [0.25, 0.3) is 0 Å². The van der Waals surface area contributed by atoms with Crippen LogP contribution in [0.15, 0.2) is 17.4 Å². The van der Waals surface area contributed by atoms with Gasteiger partial charge in [0.15, 0.2) is 0 Å². The number of nitrogens with one attached hydrogen (secondary N) is 1. The number of carbonyl (C=O) groups excluding carboxylic acids is 4. The molecule has 11 heteroatoms. The van der Waals surface area contributed by atoms with Gasteiger partial charge in [-0.05, 0) is 13.8 Å². The first-order chi connectivity index (χ1) is 12.0. The summed E-state index contributed by atoms with van der Waals surface area (Å²) in [6.45, 7) is 3.30. The van der Waals surface area contributed by atoms with Crippen molar-refractivity contribution in [2.45, 2.75) is 18.9 Å². The van der Waals surface area contributed by atoms with Crippen LogP contribution < -0.4 is 5.32 Å². The molecule has 1 N–H and O–H groups in total. The minimum absolute atomic E-state index is 0.0309. The summed E-state index contributed by atoms with van der Waals surface area (Å²) in [5, 5.41) is 2.75. The van der Waals surface area contributed by atoms with Crippen molar-refractivity contribution in [3.05, 3.63) is 12.4 Å². The number of esters is 3. The van der Waals surface area contributed by atoms with Crippen LogP contribution in [-0.2, 0) is 33.4 Å². The third kappa shape index (κ3) is 7.61. The van der Waals surface area contributed by atoms with Crippen molar-refractivity contribution in [3.63, 3.8) is 0 Å². The zero-order valence-electron chi connectivity index (χ0n) is 13.6. The highest BCUT2D eigenvalue weighted by Gasteiger charge is 2.17. The van der Waals surface area contributed by atoms with Gasteiger partial charge in [-0.3, -0.25) is 4.79 Å². The van der Waals surface area contributed by atoms with E-state index in [1.807, 2.05) is 0 Å². The first-order valence-corrected chi connectivity index (χ1v) is 8.23. The average molecular weight is 371 g/mol. The van der Waals surface area contributed by atoms with Crippen LogP contribution in [0.3, 0.4) is 0 Å². The minimum atomic E-state index is -1.06. The second-order valence-corrected chi connectivity index (χ2v) is 5.24. The molecule has 0 radical (unpaired) electrons. The molecule has 0 aliphatic rings. The summed E-state index contributed by atoms with van der Waals surface area (Å²) >= 11 is 1.20. The molecule has 10 nitrogen and oxygen atoms in total. The van der Waals surface area contributed by atoms with Gasteiger partial charge in [-0.15, -0.1) is 11.8 Å². The predicted octanol–water partition coefficient (Wildman–Crippen LogP) is 0.177. The SMILES string of the molecule is CCOC(=O)C(=O)Nc1cc(SCCOC(=O)C(=O)OCC)ncn1. The molecule has 0 atom stereocenters. The first kappa shape index (κ1) is 20.4. The highest BCUT2D eigenvalue weighted by Crippen LogP contribution is 2.17. The number of nitrogens with zero attached hydrogens (tertiary/aromatic N) is 2. The second-order valence-electron chi connectivity index (χ2n) is 4.12. The molecular weight excluding hydrogens is 354 g/mol. The van der Waals surface area contributed by atoms with E-state index in [1.165, 1.54) is 24.2 Å². The molecule has 1 aromatic heterocycles. The number of thioether (sulfide) groups is 1. The molecule has 0 aliphatic heterocycles. The molecule has 0 bridgehead atoms. The molecule has 0 aromatic carbocycles. The Morgan fingerprint density at radius 2 is 1.64 bits per heavy atom. The number of rotatable bonds is 7. The van der Waals surface area contributed by atoms with Crippen molar-refractivity contribution in [3.8, 4) is 0 Å². The number of hydrogen-bond acceptors (Lipinski definition) is 10. The highest BCUT2D eigenvalue weighted by atomic mass is 32.2. The van der Waals surface area contributed by atoms with E-state index in [2.05, 4.69) is 24.8 Å². The third-order valence-corrected chi connectivity index (χ3v) is 3.24. The van der Waals surface area contributed by atoms with Crippen LogP contribution in [0.5, 0.6) is 0 Å². The summed E-state index contributed by atoms with van der Waals surface area (Å²) in [7, 11) is 0. The van der Waals surface area contributed by atoms with E-state index in [0.717, 1.165) is 0 Å². The molecule has 136 valence electrons. The maximum atomic E-state index is 11.5. The van der Waals surface area contributed by atoms with E-state index in [9.17, 15) is 19.2 Å². The van der Waals surface area contributed by atoms with Gasteiger partial charge in [0, 0.05) is 11.8 Å². The standard InChI is InChI=1S/C14H17N3O7S/c1-3-22-12(19)11(18)17-9-7-10(16-8-15-9)25-6-5-24-14(21)13(20)23-4-2/h7-8H,3-6H2,1-2H3,(H,15,16,17,18). The van der Waals surface area contributed by atoms with Gasteiger partial charge in [0.1, 0.15) is 23.8 Å². The predicted molar refractivity (Wildman–Crippen MR) is 85.6 cm³/mol. The Labute approximate surface area is 147 Å². The Kier molecular flexibility index (Phi) is 8.93. The lowest BCUT2D eigenvalue weighted by Gasteiger charge is -2.06. The first-order valence-electron chi connectivity index (χ1n) is 7.24. The molecule has 0 saturated heterocycles. The van der Waals surface area contributed by atoms with E-state index >= 15 is 0 Å². The van der Waals surface area contributed by atoms with Crippen LogP contribution in [0.4, 0.5) is 5.82 Å². The largest absolute Gasteiger partial charge is 0.459 e. The van der Waals surface area contributed by atoms with Crippen LogP contribution in [0.2, 0.25) is 0 Å². The molecule has 0 spiro atoms. The number of aromatic nitrogens is 2. The molecule has 0 saturated carbocycles. The van der Waals surface area contributed by atoms with E-state index in [1.54, 1.807) is 13.8 Å². The fraction of sp³-hybridized carbons (Fsp3) is 0.429. The molecule has 1 rings (SSSR count). The van der Waals surface area contributed by atoms with Gasteiger partial charge in [0.2, 0.25) is 0 Å². The third-order valence-electron chi connectivity index (χ3n) is 2.35. The van der Waals surface area contributed by atoms with Gasteiger partial charge in [-0.25, -0.2) is 24.4 Å². The molecule has 1 amide bonds. The van der Waals surface area contributed by atoms with Crippen molar-refractivity contribution < 1.29 is 33.4 Å². The van der Waals surface area contributed by atoms with Crippen molar-refractivity contribution in [1.82, 2.24) is 9.97 Å². The van der Waals surface area contributed by atoms with Crippen LogP contribution in [0, 0.1) is 0 Å². The molecule has 1 heterocycles. The van der Waals surface area contributed by atoms with Crippen molar-refractivity contribution in [1.29, 1.82) is 0 Å². The van der Waals surface area contributed by atoms with Crippen molar-refractivity contribution >= 4 is 41.4 Å². The van der Waals surface area contributed by atoms with E-state index in [-0.39, 0.29) is 25.6 Å². The minimum Gasteiger partial charge on any atom is -0.459 e. The van der Waals surface area contributed by atoms with Crippen molar-refractivity contribution in [2.75, 3.05) is 30.9 Å². The Morgan fingerprint density at radius 3 is 2.32 bits per heavy atom. The highest BCUT2D eigenvalue weighted by molar-refractivity contribution is 7.99. The summed E-state index contributed by atoms with van der Waals surface area (Å²) in [5.74, 6) is -3.63. The molecule has 1 aromatic rings. The Morgan fingerprint density at radius 1 is 1.00 bits per heavy atom. The second kappa shape index (κ2) is 11.0. The monoisotopic (exact) mass is 371 g/mol. The smallest absolute Gasteiger partial charge is 0.417 e. The number of carbonyl (C=O) groups is 4. The summed E-state index contributed by atoms with van der Waals surface area (Å²) in [5.41, 5.74) is 0. The van der Waals surface area contributed by atoms with Crippen LogP contribution in [-0.4, -0.2) is 59.4 Å². The summed E-state index contributed by atoms with van der Waals surface area (Å²) in [6, 6.07) is 1.44. The number of anilines is 1. The number of hydrogen-bond donors (Lipinski definition) is 1. The Bertz CT molecular complexity index is 639. The van der Waals surface area contributed by atoms with Gasteiger partial charge in [0.05, 0.1) is 13.2 Å². The fourth-order valence-corrected chi connectivity index (χ4v) is 2.07. The van der Waals surface area contributed by atoms with Gasteiger partial charge >= 0.3 is 23.8 Å². The quantitative estimate of drug-likeness (QED) is 0.177. The fourth-order valence-electron chi connectivity index (χ4n) is 1.38. The average Bonchev–Trinajstić information content (AvgIpc) is 2.59. The van der Waals surface area contributed by atoms with E-state index in [4.69, 9.17) is 4.74 Å². The lowest BCUT2D eigenvalue weighted by molar-refractivity contribution is -0.167. The lowest BCUT2D eigenvalue weighted by atomic mass is 10.5. The maximum absolute atomic E-state index is 11.5. The van der Waals surface area contributed by atoms with E-state index < -0.39 is 23.8 Å². The van der Waals surface area contributed by atoms with Crippen molar-refractivity contribution in [2.24, 2.45) is 0 Å². The molecule has 0 aliphatic carbocycles. The van der Waals surface area contributed by atoms with Crippen LogP contribution in [0.1, 0.15) is 13.8 Å². The molecule has 0 unspecified atom stereocenters. The van der Waals surface area contributed by atoms with Gasteiger partial charge in [-0.2, -0.15) is 0 Å². The normalized spacial score (nSPS) is 9.84. The summed E-state index contributed by atoms with van der Waals surface area (Å²) in [6.07, 6.45) is 1.20. The van der Waals surface area contributed by atoms with Gasteiger partial charge < -0.3 is 19.5 Å². The molecule has 25 heavy (non-hydrogen) atoms. The number of amides is 1. The van der Waals surface area contributed by atoms with Crippen LogP contribution in [0.25, 0.3) is 0 Å². The maximum Gasteiger partial charge on any atom is 0.417 e. The van der Waals surface area contributed by atoms with Crippen LogP contribution >= 0.6 is 11.8 Å². The topological polar surface area (TPSA) is 134 Å². The zero-order valence-corrected chi connectivity index (χ0v) is 14.5. The Balaban J connectivity index is 2.43. The number of ether oxygens (including phenoxy) is 3. The Hall–Kier alpha value is -2.69. The zero-order chi connectivity index (χ0) is 18.7.